The fraction of sp³-hybridized carbons (Fsp3) is 0.417. The summed E-state index contributed by atoms with van der Waals surface area (Å²) >= 11 is 1.73. The van der Waals surface area contributed by atoms with Crippen LogP contribution < -0.4 is 4.31 Å². The van der Waals surface area contributed by atoms with Crippen LogP contribution in [0.3, 0.4) is 0 Å². The molecule has 0 aliphatic rings. The molecule has 1 N–H and O–H groups in total. The van der Waals surface area contributed by atoms with Crippen LogP contribution in [0.5, 0.6) is 0 Å². The molecular formula is C24H31NO2S2. The highest BCUT2D eigenvalue weighted by molar-refractivity contribution is 7.86. The third-order valence-corrected chi connectivity index (χ3v) is 7.86. The van der Waals surface area contributed by atoms with Crippen molar-refractivity contribution in [1.29, 1.82) is 0 Å². The molecule has 156 valence electrons. The maximum Gasteiger partial charge on any atom is 0.153 e. The van der Waals surface area contributed by atoms with Crippen molar-refractivity contribution in [2.75, 3.05) is 10.8 Å². The smallest absolute Gasteiger partial charge is 0.153 e. The molecule has 0 amide bonds. The molecule has 0 saturated carbocycles. The topological polar surface area (TPSA) is 40.5 Å². The molecule has 1 unspecified atom stereocenters. The maximum absolute atomic E-state index is 13.6. The van der Waals surface area contributed by atoms with Crippen LogP contribution in [0, 0.1) is 0 Å². The molecule has 0 fully saturated rings. The Morgan fingerprint density at radius 1 is 1.10 bits per heavy atom. The van der Waals surface area contributed by atoms with Gasteiger partial charge in [-0.25, -0.2) is 4.21 Å². The highest BCUT2D eigenvalue weighted by Crippen LogP contribution is 2.43. The van der Waals surface area contributed by atoms with E-state index in [9.17, 15) is 9.32 Å². The minimum Gasteiger partial charge on any atom is -0.386 e. The van der Waals surface area contributed by atoms with Gasteiger partial charge in [-0.15, -0.1) is 11.3 Å². The largest absolute Gasteiger partial charge is 0.386 e. The van der Waals surface area contributed by atoms with E-state index in [0.29, 0.717) is 5.92 Å². The zero-order chi connectivity index (χ0) is 21.2. The van der Waals surface area contributed by atoms with Crippen LogP contribution in [-0.2, 0) is 16.6 Å². The lowest BCUT2D eigenvalue weighted by atomic mass is 9.99. The van der Waals surface area contributed by atoms with Crippen LogP contribution in [0.1, 0.15) is 64.5 Å². The van der Waals surface area contributed by atoms with Crippen molar-refractivity contribution in [2.45, 2.75) is 63.9 Å². The van der Waals surface area contributed by atoms with Gasteiger partial charge >= 0.3 is 0 Å². The summed E-state index contributed by atoms with van der Waals surface area (Å²) in [5, 5.41) is 12.6. The molecule has 3 aromatic rings. The van der Waals surface area contributed by atoms with Crippen molar-refractivity contribution in [3.8, 4) is 0 Å². The molecule has 0 spiro atoms. The van der Waals surface area contributed by atoms with Gasteiger partial charge in [0.2, 0.25) is 0 Å². The second-order valence-electron chi connectivity index (χ2n) is 8.26. The number of anilines is 1. The Morgan fingerprint density at radius 3 is 2.34 bits per heavy atom. The van der Waals surface area contributed by atoms with Crippen LogP contribution in [-0.4, -0.2) is 15.9 Å². The lowest BCUT2D eigenvalue weighted by molar-refractivity contribution is 0.0785. The molecule has 0 bridgehead atoms. The number of hydrogen-bond donors (Lipinski definition) is 1. The lowest BCUT2D eigenvalue weighted by Gasteiger charge is -2.25. The van der Waals surface area contributed by atoms with Crippen molar-refractivity contribution in [1.82, 2.24) is 0 Å². The quantitative estimate of drug-likeness (QED) is 0.439. The van der Waals surface area contributed by atoms with Gasteiger partial charge in [-0.2, -0.15) is 0 Å². The Hall–Kier alpha value is -1.69. The second kappa shape index (κ2) is 8.99. The van der Waals surface area contributed by atoms with Crippen LogP contribution in [0.25, 0.3) is 10.1 Å². The third kappa shape index (κ3) is 4.73. The molecule has 0 saturated heterocycles. The van der Waals surface area contributed by atoms with Crippen LogP contribution in [0.2, 0.25) is 0 Å². The summed E-state index contributed by atoms with van der Waals surface area (Å²) < 4.78 is 17.0. The van der Waals surface area contributed by atoms with Crippen molar-refractivity contribution in [3.05, 3.63) is 59.7 Å². The summed E-state index contributed by atoms with van der Waals surface area (Å²) in [6.45, 7) is 10.8. The summed E-state index contributed by atoms with van der Waals surface area (Å²) in [6, 6.07) is 16.0. The first-order chi connectivity index (χ1) is 13.7. The first-order valence-corrected chi connectivity index (χ1v) is 12.2. The molecule has 2 aromatic carbocycles. The van der Waals surface area contributed by atoms with Crippen LogP contribution in [0.4, 0.5) is 5.00 Å². The molecule has 5 heteroatoms. The Kier molecular flexibility index (Phi) is 6.82. The summed E-state index contributed by atoms with van der Waals surface area (Å²) in [6.07, 6.45) is 2.03. The SMILES string of the molecule is CCCCN(c1sc2ccccc2c1C(C)C)S(=O)c1ccc(C(C)(C)O)cc1. The standard InChI is InChI=1S/C24H31NO2S2/c1-6-7-16-25(29(27)19-14-12-18(13-15-19)24(4,5)26)23-22(17(2)3)20-10-8-9-11-21(20)28-23/h8-15,17,26H,6-7,16H2,1-5H3. The molecule has 29 heavy (non-hydrogen) atoms. The summed E-state index contributed by atoms with van der Waals surface area (Å²) in [5.74, 6) is 0.347. The molecule has 0 radical (unpaired) electrons. The number of thiophene rings is 1. The fourth-order valence-corrected chi connectivity index (χ4v) is 6.24. The third-order valence-electron chi connectivity index (χ3n) is 5.10. The minimum atomic E-state index is -1.30. The molecule has 1 heterocycles. The number of benzene rings is 2. The van der Waals surface area contributed by atoms with Gasteiger partial charge in [0, 0.05) is 11.2 Å². The number of unbranched alkanes of at least 4 members (excludes halogenated alkanes) is 1. The van der Waals surface area contributed by atoms with E-state index in [1.165, 1.54) is 15.6 Å². The van der Waals surface area contributed by atoms with Gasteiger partial charge in [-0.1, -0.05) is 57.5 Å². The van der Waals surface area contributed by atoms with E-state index in [1.54, 1.807) is 25.2 Å². The Bertz CT molecular complexity index is 984. The molecule has 3 rings (SSSR count). The molecule has 1 aromatic heterocycles. The lowest BCUT2D eigenvalue weighted by Crippen LogP contribution is -2.27. The van der Waals surface area contributed by atoms with Gasteiger partial charge < -0.3 is 5.11 Å². The zero-order valence-electron chi connectivity index (χ0n) is 17.9. The monoisotopic (exact) mass is 429 g/mol. The van der Waals surface area contributed by atoms with Gasteiger partial charge in [-0.05, 0) is 60.9 Å². The first kappa shape index (κ1) is 22.0. The van der Waals surface area contributed by atoms with E-state index in [4.69, 9.17) is 0 Å². The van der Waals surface area contributed by atoms with Crippen molar-refractivity contribution < 1.29 is 9.32 Å². The first-order valence-electron chi connectivity index (χ1n) is 10.3. The van der Waals surface area contributed by atoms with Gasteiger partial charge in [-0.3, -0.25) is 4.31 Å². The molecule has 3 nitrogen and oxygen atoms in total. The fourth-order valence-electron chi connectivity index (χ4n) is 3.46. The van der Waals surface area contributed by atoms with Gasteiger partial charge in [0.15, 0.2) is 11.0 Å². The maximum atomic E-state index is 13.6. The number of hydrogen-bond acceptors (Lipinski definition) is 3. The zero-order valence-corrected chi connectivity index (χ0v) is 19.6. The number of fused-ring (bicyclic) bond motifs is 1. The van der Waals surface area contributed by atoms with E-state index >= 15 is 0 Å². The number of aliphatic hydroxyl groups is 1. The van der Waals surface area contributed by atoms with E-state index < -0.39 is 16.6 Å². The predicted molar refractivity (Wildman–Crippen MR) is 126 cm³/mol. The van der Waals surface area contributed by atoms with Crippen LogP contribution in [0.15, 0.2) is 53.4 Å². The molecule has 1 atom stereocenters. The van der Waals surface area contributed by atoms with E-state index in [2.05, 4.69) is 49.3 Å². The summed E-state index contributed by atoms with van der Waals surface area (Å²) in [7, 11) is -1.30. The predicted octanol–water partition coefficient (Wildman–Crippen LogP) is 6.58. The summed E-state index contributed by atoms with van der Waals surface area (Å²) in [4.78, 5) is 0.765. The highest BCUT2D eigenvalue weighted by Gasteiger charge is 2.25. The minimum absolute atomic E-state index is 0.347. The molecular weight excluding hydrogens is 398 g/mol. The average molecular weight is 430 g/mol. The Morgan fingerprint density at radius 2 is 1.76 bits per heavy atom. The van der Waals surface area contributed by atoms with Crippen LogP contribution >= 0.6 is 11.3 Å². The Labute approximate surface area is 181 Å². The van der Waals surface area contributed by atoms with Crippen molar-refractivity contribution in [3.63, 3.8) is 0 Å². The highest BCUT2D eigenvalue weighted by atomic mass is 32.2. The normalized spacial score (nSPS) is 13.2. The average Bonchev–Trinajstić information content (AvgIpc) is 3.07. The van der Waals surface area contributed by atoms with E-state index in [-0.39, 0.29) is 0 Å². The van der Waals surface area contributed by atoms with Crippen molar-refractivity contribution >= 4 is 37.4 Å². The number of rotatable bonds is 8. The molecule has 0 aliphatic heterocycles. The Balaban J connectivity index is 2.06. The summed E-state index contributed by atoms with van der Waals surface area (Å²) in [5.41, 5.74) is 1.20. The number of nitrogens with zero attached hydrogens (tertiary/aromatic N) is 1. The van der Waals surface area contributed by atoms with Gasteiger partial charge in [0.1, 0.15) is 5.00 Å². The van der Waals surface area contributed by atoms with E-state index in [1.807, 2.05) is 24.3 Å². The van der Waals surface area contributed by atoms with Gasteiger partial charge in [0.05, 0.1) is 10.5 Å². The van der Waals surface area contributed by atoms with Gasteiger partial charge in [0.25, 0.3) is 0 Å². The second-order valence-corrected chi connectivity index (χ2v) is 10.7. The van der Waals surface area contributed by atoms with E-state index in [0.717, 1.165) is 34.8 Å². The molecule has 0 aliphatic carbocycles. The van der Waals surface area contributed by atoms with Crippen molar-refractivity contribution in [2.24, 2.45) is 0 Å².